The third-order valence-electron chi connectivity index (χ3n) is 2.43. The first-order valence-corrected chi connectivity index (χ1v) is 5.89. The zero-order valence-electron chi connectivity index (χ0n) is 10.3. The van der Waals surface area contributed by atoms with Crippen molar-refractivity contribution in [2.45, 2.75) is 6.92 Å². The summed E-state index contributed by atoms with van der Waals surface area (Å²) in [6.45, 7) is 1.76. The van der Waals surface area contributed by atoms with Crippen molar-refractivity contribution in [2.24, 2.45) is 0 Å². The Morgan fingerprint density at radius 3 is 2.80 bits per heavy atom. The number of anilines is 1. The lowest BCUT2D eigenvalue weighted by molar-refractivity contribution is -0.383. The van der Waals surface area contributed by atoms with Gasteiger partial charge in [0.2, 0.25) is 0 Å². The molecule has 20 heavy (non-hydrogen) atoms. The van der Waals surface area contributed by atoms with E-state index < -0.39 is 10.8 Å². The van der Waals surface area contributed by atoms with Crippen molar-refractivity contribution in [3.8, 4) is 0 Å². The number of hydrogen-bond acceptors (Lipinski definition) is 5. The molecule has 1 aromatic heterocycles. The molecule has 8 heteroatoms. The second-order valence-electron chi connectivity index (χ2n) is 3.96. The number of benzene rings is 1. The number of carbonyl (C=O) groups excluding carboxylic acids is 1. The maximum Gasteiger partial charge on any atom is 0.292 e. The first-order valence-electron chi connectivity index (χ1n) is 5.51. The lowest BCUT2D eigenvalue weighted by Gasteiger charge is -2.06. The van der Waals surface area contributed by atoms with Crippen LogP contribution in [0.25, 0.3) is 0 Å². The van der Waals surface area contributed by atoms with Crippen molar-refractivity contribution >= 4 is 28.9 Å². The third-order valence-corrected chi connectivity index (χ3v) is 2.62. The van der Waals surface area contributed by atoms with Gasteiger partial charge in [0.15, 0.2) is 0 Å². The van der Waals surface area contributed by atoms with Gasteiger partial charge in [-0.2, -0.15) is 0 Å². The van der Waals surface area contributed by atoms with Gasteiger partial charge in [0.05, 0.1) is 17.3 Å². The molecule has 0 aliphatic carbocycles. The lowest BCUT2D eigenvalue weighted by atomic mass is 10.2. The van der Waals surface area contributed by atoms with Crippen LogP contribution in [0.2, 0.25) is 5.15 Å². The number of aromatic nitrogens is 2. The Bertz CT molecular complexity index is 690. The van der Waals surface area contributed by atoms with E-state index in [-0.39, 0.29) is 22.2 Å². The molecule has 0 atom stereocenters. The van der Waals surface area contributed by atoms with Gasteiger partial charge in [-0.3, -0.25) is 19.9 Å². The van der Waals surface area contributed by atoms with E-state index >= 15 is 0 Å². The van der Waals surface area contributed by atoms with Gasteiger partial charge in [-0.25, -0.2) is 4.98 Å². The van der Waals surface area contributed by atoms with Gasteiger partial charge >= 0.3 is 0 Å². The molecule has 1 amide bonds. The minimum Gasteiger partial charge on any atom is -0.315 e. The van der Waals surface area contributed by atoms with E-state index in [0.717, 1.165) is 5.56 Å². The quantitative estimate of drug-likeness (QED) is 0.692. The highest BCUT2D eigenvalue weighted by Gasteiger charge is 2.17. The summed E-state index contributed by atoms with van der Waals surface area (Å²) in [4.78, 5) is 29.8. The second-order valence-corrected chi connectivity index (χ2v) is 4.35. The highest BCUT2D eigenvalue weighted by atomic mass is 35.5. The van der Waals surface area contributed by atoms with Crippen LogP contribution in [0.1, 0.15) is 16.1 Å². The third kappa shape index (κ3) is 3.07. The summed E-state index contributed by atoms with van der Waals surface area (Å²) in [6.07, 6.45) is 2.51. The number of aryl methyl sites for hydroxylation is 1. The predicted molar refractivity (Wildman–Crippen MR) is 72.8 cm³/mol. The van der Waals surface area contributed by atoms with E-state index in [1.165, 1.54) is 24.5 Å². The summed E-state index contributed by atoms with van der Waals surface area (Å²) >= 11 is 5.64. The molecule has 1 heterocycles. The Morgan fingerprint density at radius 1 is 1.40 bits per heavy atom. The van der Waals surface area contributed by atoms with Gasteiger partial charge in [-0.15, -0.1) is 0 Å². The van der Waals surface area contributed by atoms with Gasteiger partial charge in [-0.05, 0) is 18.6 Å². The summed E-state index contributed by atoms with van der Waals surface area (Å²) in [5, 5.41) is 13.4. The van der Waals surface area contributed by atoms with Gasteiger partial charge in [0.25, 0.3) is 11.6 Å². The van der Waals surface area contributed by atoms with Crippen molar-refractivity contribution in [3.05, 3.63) is 57.1 Å². The molecular weight excluding hydrogens is 284 g/mol. The van der Waals surface area contributed by atoms with Crippen molar-refractivity contribution < 1.29 is 9.72 Å². The summed E-state index contributed by atoms with van der Waals surface area (Å²) in [6, 6.07) is 4.43. The molecule has 102 valence electrons. The lowest BCUT2D eigenvalue weighted by Crippen LogP contribution is -2.15. The fraction of sp³-hybridized carbons (Fsp3) is 0.0833. The van der Waals surface area contributed by atoms with Crippen LogP contribution in [-0.2, 0) is 0 Å². The van der Waals surface area contributed by atoms with E-state index in [4.69, 9.17) is 11.6 Å². The molecule has 0 saturated heterocycles. The molecule has 2 aromatic rings. The summed E-state index contributed by atoms with van der Waals surface area (Å²) in [5.74, 6) is -0.617. The summed E-state index contributed by atoms with van der Waals surface area (Å²) < 4.78 is 0. The molecule has 0 radical (unpaired) electrons. The second kappa shape index (κ2) is 5.62. The van der Waals surface area contributed by atoms with Crippen LogP contribution in [-0.4, -0.2) is 20.8 Å². The average Bonchev–Trinajstić information content (AvgIpc) is 2.38. The zero-order chi connectivity index (χ0) is 14.7. The normalized spacial score (nSPS) is 10.1. The van der Waals surface area contributed by atoms with Crippen LogP contribution in [0, 0.1) is 17.0 Å². The number of rotatable bonds is 3. The molecule has 2 rings (SSSR count). The minimum atomic E-state index is -0.617. The Labute approximate surface area is 118 Å². The molecule has 0 aliphatic rings. The molecule has 0 saturated carbocycles. The molecule has 0 fully saturated rings. The van der Waals surface area contributed by atoms with E-state index in [1.54, 1.807) is 13.0 Å². The van der Waals surface area contributed by atoms with Gasteiger partial charge in [0, 0.05) is 6.07 Å². The van der Waals surface area contributed by atoms with Crippen molar-refractivity contribution in [1.82, 2.24) is 9.97 Å². The van der Waals surface area contributed by atoms with Crippen molar-refractivity contribution in [3.63, 3.8) is 0 Å². The number of nitro groups is 1. The van der Waals surface area contributed by atoms with Crippen molar-refractivity contribution in [2.75, 3.05) is 5.32 Å². The van der Waals surface area contributed by atoms with E-state index in [0.29, 0.717) is 0 Å². The van der Waals surface area contributed by atoms with Crippen LogP contribution in [0.3, 0.4) is 0 Å². The number of amides is 1. The van der Waals surface area contributed by atoms with Gasteiger partial charge in [0.1, 0.15) is 16.5 Å². The molecule has 0 unspecified atom stereocenters. The van der Waals surface area contributed by atoms with Crippen LogP contribution in [0.15, 0.2) is 30.6 Å². The monoisotopic (exact) mass is 292 g/mol. The number of hydrogen-bond donors (Lipinski definition) is 1. The highest BCUT2D eigenvalue weighted by Crippen LogP contribution is 2.25. The molecule has 0 aliphatic heterocycles. The van der Waals surface area contributed by atoms with Crippen LogP contribution in [0.5, 0.6) is 0 Å². The first-order chi connectivity index (χ1) is 9.47. The van der Waals surface area contributed by atoms with Crippen LogP contribution < -0.4 is 5.32 Å². The van der Waals surface area contributed by atoms with Crippen LogP contribution >= 0.6 is 11.6 Å². The van der Waals surface area contributed by atoms with Gasteiger partial charge < -0.3 is 5.32 Å². The fourth-order valence-electron chi connectivity index (χ4n) is 1.55. The Kier molecular flexibility index (Phi) is 3.90. The summed E-state index contributed by atoms with van der Waals surface area (Å²) in [7, 11) is 0. The van der Waals surface area contributed by atoms with Crippen molar-refractivity contribution in [1.29, 1.82) is 0 Å². The molecule has 1 N–H and O–H groups in total. The minimum absolute atomic E-state index is 0.0201. The number of carbonyl (C=O) groups is 1. The number of halogens is 1. The molecule has 0 bridgehead atoms. The van der Waals surface area contributed by atoms with E-state index in [9.17, 15) is 14.9 Å². The average molecular weight is 293 g/mol. The molecule has 1 aromatic carbocycles. The SMILES string of the molecule is Cc1ccc([N+](=O)[O-])c(NC(=O)c2cncc(Cl)n2)c1. The Balaban J connectivity index is 2.32. The number of nitrogens with zero attached hydrogens (tertiary/aromatic N) is 3. The fourth-order valence-corrected chi connectivity index (χ4v) is 1.69. The Hall–Kier alpha value is -2.54. The topological polar surface area (TPSA) is 98.0 Å². The maximum atomic E-state index is 12.0. The maximum absolute atomic E-state index is 12.0. The smallest absolute Gasteiger partial charge is 0.292 e. The number of nitro benzene ring substituents is 1. The molecule has 7 nitrogen and oxygen atoms in total. The number of nitrogens with one attached hydrogen (secondary N) is 1. The summed E-state index contributed by atoms with van der Waals surface area (Å²) in [5.41, 5.74) is 0.664. The van der Waals surface area contributed by atoms with E-state index in [2.05, 4.69) is 15.3 Å². The largest absolute Gasteiger partial charge is 0.315 e. The van der Waals surface area contributed by atoms with Crippen LogP contribution in [0.4, 0.5) is 11.4 Å². The zero-order valence-corrected chi connectivity index (χ0v) is 11.1. The molecular formula is C12H9ClN4O3. The van der Waals surface area contributed by atoms with E-state index in [1.807, 2.05) is 0 Å². The molecule has 0 spiro atoms. The highest BCUT2D eigenvalue weighted by molar-refractivity contribution is 6.29. The predicted octanol–water partition coefficient (Wildman–Crippen LogP) is 2.60. The Morgan fingerprint density at radius 2 is 2.15 bits per heavy atom. The van der Waals surface area contributed by atoms with Gasteiger partial charge in [-0.1, -0.05) is 17.7 Å². The first kappa shape index (κ1) is 13.9. The standard InChI is InChI=1S/C12H9ClN4O3/c1-7-2-3-10(17(19)20)8(4-7)16-12(18)9-5-14-6-11(13)15-9/h2-6H,1H3,(H,16,18).